The van der Waals surface area contributed by atoms with Crippen molar-refractivity contribution in [2.24, 2.45) is 0 Å². The zero-order valence-electron chi connectivity index (χ0n) is 8.67. The summed E-state index contributed by atoms with van der Waals surface area (Å²) in [5, 5.41) is 4.60. The van der Waals surface area contributed by atoms with Crippen LogP contribution in [0.4, 0.5) is 0 Å². The third kappa shape index (κ3) is 1.66. The largest absolute Gasteiger partial charge is 0.361 e. The highest BCUT2D eigenvalue weighted by atomic mass is 14.8. The number of benzene rings is 1. The van der Waals surface area contributed by atoms with E-state index in [4.69, 9.17) is 0 Å². The maximum absolute atomic E-state index is 3.29. The molecular weight excluding hydrogens is 172 g/mol. The summed E-state index contributed by atoms with van der Waals surface area (Å²) in [6.45, 7) is 2.20. The number of likely N-dealkylation sites (N-methyl/N-ethyl adjacent to an activating group) is 1. The summed E-state index contributed by atoms with van der Waals surface area (Å²) >= 11 is 0. The number of H-pyrrole nitrogens is 1. The van der Waals surface area contributed by atoms with Crippen molar-refractivity contribution in [3.8, 4) is 0 Å². The van der Waals surface area contributed by atoms with E-state index in [0.717, 1.165) is 6.42 Å². The molecule has 0 amide bonds. The first-order chi connectivity index (χ1) is 6.81. The molecule has 2 heteroatoms. The number of aromatic nitrogens is 1. The van der Waals surface area contributed by atoms with Crippen LogP contribution in [0.3, 0.4) is 0 Å². The first-order valence-electron chi connectivity index (χ1n) is 5.03. The minimum Gasteiger partial charge on any atom is -0.361 e. The second-order valence-electron chi connectivity index (χ2n) is 3.75. The zero-order valence-corrected chi connectivity index (χ0v) is 8.67. The van der Waals surface area contributed by atoms with Crippen molar-refractivity contribution in [1.82, 2.24) is 10.3 Å². The predicted molar refractivity (Wildman–Crippen MR) is 60.5 cm³/mol. The molecule has 1 unspecified atom stereocenters. The predicted octanol–water partition coefficient (Wildman–Crippen LogP) is 2.32. The van der Waals surface area contributed by atoms with Gasteiger partial charge in [0.05, 0.1) is 0 Å². The van der Waals surface area contributed by atoms with Crippen LogP contribution in [-0.4, -0.2) is 18.1 Å². The molecule has 14 heavy (non-hydrogen) atoms. The summed E-state index contributed by atoms with van der Waals surface area (Å²) in [5.41, 5.74) is 2.62. The first-order valence-corrected chi connectivity index (χ1v) is 5.03. The van der Waals surface area contributed by atoms with E-state index in [1.54, 1.807) is 0 Å². The van der Waals surface area contributed by atoms with Gasteiger partial charge in [-0.05, 0) is 32.0 Å². The molecule has 1 aromatic carbocycles. The Hall–Kier alpha value is -1.28. The van der Waals surface area contributed by atoms with E-state index in [1.807, 2.05) is 7.05 Å². The molecule has 1 atom stereocenters. The molecule has 0 radical (unpaired) electrons. The topological polar surface area (TPSA) is 27.8 Å². The van der Waals surface area contributed by atoms with E-state index in [2.05, 4.69) is 47.7 Å². The van der Waals surface area contributed by atoms with Gasteiger partial charge in [-0.3, -0.25) is 0 Å². The Morgan fingerprint density at radius 1 is 1.36 bits per heavy atom. The van der Waals surface area contributed by atoms with E-state index in [0.29, 0.717) is 6.04 Å². The Bertz CT molecular complexity index is 417. The van der Waals surface area contributed by atoms with Crippen LogP contribution in [0.25, 0.3) is 10.9 Å². The van der Waals surface area contributed by atoms with Gasteiger partial charge in [-0.2, -0.15) is 0 Å². The Morgan fingerprint density at radius 2 is 2.14 bits per heavy atom. The number of hydrogen-bond acceptors (Lipinski definition) is 1. The summed E-state index contributed by atoms with van der Waals surface area (Å²) in [5.74, 6) is 0. The van der Waals surface area contributed by atoms with Crippen LogP contribution >= 0.6 is 0 Å². The van der Waals surface area contributed by atoms with Gasteiger partial charge in [-0.1, -0.05) is 18.2 Å². The smallest absolute Gasteiger partial charge is 0.0456 e. The fourth-order valence-corrected chi connectivity index (χ4v) is 1.73. The second kappa shape index (κ2) is 3.84. The number of para-hydroxylation sites is 1. The highest BCUT2D eigenvalue weighted by Crippen LogP contribution is 2.18. The number of fused-ring (bicyclic) bond motifs is 1. The van der Waals surface area contributed by atoms with Crippen molar-refractivity contribution in [2.75, 3.05) is 7.05 Å². The molecule has 0 aliphatic carbocycles. The van der Waals surface area contributed by atoms with Gasteiger partial charge in [-0.25, -0.2) is 0 Å². The van der Waals surface area contributed by atoms with Crippen LogP contribution in [0.2, 0.25) is 0 Å². The molecule has 0 bridgehead atoms. The van der Waals surface area contributed by atoms with Gasteiger partial charge in [0.1, 0.15) is 0 Å². The molecule has 2 nitrogen and oxygen atoms in total. The van der Waals surface area contributed by atoms with Crippen molar-refractivity contribution in [3.05, 3.63) is 36.0 Å². The molecule has 0 aliphatic heterocycles. The zero-order chi connectivity index (χ0) is 9.97. The molecule has 1 aromatic heterocycles. The number of hydrogen-bond donors (Lipinski definition) is 2. The molecule has 0 saturated heterocycles. The molecule has 1 heterocycles. The van der Waals surface area contributed by atoms with Crippen molar-refractivity contribution >= 4 is 10.9 Å². The van der Waals surface area contributed by atoms with Crippen LogP contribution < -0.4 is 5.32 Å². The van der Waals surface area contributed by atoms with E-state index >= 15 is 0 Å². The van der Waals surface area contributed by atoms with Crippen molar-refractivity contribution in [2.45, 2.75) is 19.4 Å². The number of aromatic amines is 1. The third-order valence-corrected chi connectivity index (χ3v) is 2.69. The van der Waals surface area contributed by atoms with Crippen LogP contribution in [0, 0.1) is 0 Å². The molecule has 2 rings (SSSR count). The lowest BCUT2D eigenvalue weighted by atomic mass is 10.1. The van der Waals surface area contributed by atoms with E-state index < -0.39 is 0 Å². The van der Waals surface area contributed by atoms with E-state index in [9.17, 15) is 0 Å². The quantitative estimate of drug-likeness (QED) is 0.760. The summed E-state index contributed by atoms with van der Waals surface area (Å²) in [6, 6.07) is 8.95. The highest BCUT2D eigenvalue weighted by Gasteiger charge is 2.05. The minimum absolute atomic E-state index is 0.522. The minimum atomic E-state index is 0.522. The van der Waals surface area contributed by atoms with Gasteiger partial charge >= 0.3 is 0 Å². The average molecular weight is 188 g/mol. The number of rotatable bonds is 3. The van der Waals surface area contributed by atoms with Gasteiger partial charge in [-0.15, -0.1) is 0 Å². The molecule has 74 valence electrons. The standard InChI is InChI=1S/C12H16N2/c1-9(13-2)7-10-8-14-12-6-4-3-5-11(10)12/h3-6,8-9,13-14H,7H2,1-2H3. The molecule has 2 aromatic rings. The fourth-order valence-electron chi connectivity index (χ4n) is 1.73. The lowest BCUT2D eigenvalue weighted by Gasteiger charge is -2.08. The Kier molecular flexibility index (Phi) is 2.55. The maximum atomic E-state index is 3.29. The first kappa shape index (κ1) is 9.28. The van der Waals surface area contributed by atoms with Crippen LogP contribution in [0.1, 0.15) is 12.5 Å². The van der Waals surface area contributed by atoms with Gasteiger partial charge in [0.25, 0.3) is 0 Å². The van der Waals surface area contributed by atoms with Gasteiger partial charge < -0.3 is 10.3 Å². The second-order valence-corrected chi connectivity index (χ2v) is 3.75. The third-order valence-electron chi connectivity index (χ3n) is 2.69. The fraction of sp³-hybridized carbons (Fsp3) is 0.333. The van der Waals surface area contributed by atoms with Crippen LogP contribution in [0.15, 0.2) is 30.5 Å². The van der Waals surface area contributed by atoms with Crippen LogP contribution in [0.5, 0.6) is 0 Å². The molecule has 0 aliphatic rings. The van der Waals surface area contributed by atoms with Gasteiger partial charge in [0.2, 0.25) is 0 Å². The number of nitrogens with one attached hydrogen (secondary N) is 2. The normalized spacial score (nSPS) is 13.3. The molecule has 0 spiro atoms. The molecular formula is C12H16N2. The maximum Gasteiger partial charge on any atom is 0.0456 e. The van der Waals surface area contributed by atoms with E-state index in [-0.39, 0.29) is 0 Å². The van der Waals surface area contributed by atoms with Gasteiger partial charge in [0, 0.05) is 23.1 Å². The summed E-state index contributed by atoms with van der Waals surface area (Å²) in [7, 11) is 2.00. The average Bonchev–Trinajstić information content (AvgIpc) is 2.62. The highest BCUT2D eigenvalue weighted by molar-refractivity contribution is 5.83. The Balaban J connectivity index is 2.33. The van der Waals surface area contributed by atoms with E-state index in [1.165, 1.54) is 16.5 Å². The lowest BCUT2D eigenvalue weighted by Crippen LogP contribution is -2.23. The summed E-state index contributed by atoms with van der Waals surface area (Å²) in [6.07, 6.45) is 3.18. The molecule has 0 saturated carbocycles. The van der Waals surface area contributed by atoms with Crippen molar-refractivity contribution < 1.29 is 0 Å². The monoisotopic (exact) mass is 188 g/mol. The van der Waals surface area contributed by atoms with Crippen molar-refractivity contribution in [3.63, 3.8) is 0 Å². The van der Waals surface area contributed by atoms with Crippen molar-refractivity contribution in [1.29, 1.82) is 0 Å². The Labute approximate surface area is 84.3 Å². The SMILES string of the molecule is CNC(C)Cc1c[nH]c2ccccc12. The summed E-state index contributed by atoms with van der Waals surface area (Å²) < 4.78 is 0. The van der Waals surface area contributed by atoms with Gasteiger partial charge in [0.15, 0.2) is 0 Å². The Morgan fingerprint density at radius 3 is 2.93 bits per heavy atom. The molecule has 0 fully saturated rings. The lowest BCUT2D eigenvalue weighted by molar-refractivity contribution is 0.610. The summed E-state index contributed by atoms with van der Waals surface area (Å²) in [4.78, 5) is 3.29. The molecule has 2 N–H and O–H groups in total. The van der Waals surface area contributed by atoms with Crippen LogP contribution in [-0.2, 0) is 6.42 Å².